The number of piperazine rings is 1. The zero-order valence-electron chi connectivity index (χ0n) is 17.4. The van der Waals surface area contributed by atoms with Crippen LogP contribution in [0.2, 0.25) is 0 Å². The van der Waals surface area contributed by atoms with Crippen molar-refractivity contribution in [2.24, 2.45) is 0 Å². The Bertz CT molecular complexity index is 1040. The van der Waals surface area contributed by atoms with Gasteiger partial charge in [0.1, 0.15) is 17.8 Å². The van der Waals surface area contributed by atoms with Crippen molar-refractivity contribution in [2.75, 3.05) is 55.0 Å². The summed E-state index contributed by atoms with van der Waals surface area (Å²) in [4.78, 5) is 20.0. The first-order valence-corrected chi connectivity index (χ1v) is 12.0. The van der Waals surface area contributed by atoms with E-state index in [2.05, 4.69) is 35.5 Å². The molecular weight excluding hydrogens is 439 g/mol. The zero-order chi connectivity index (χ0) is 22.0. The number of halogens is 1. The van der Waals surface area contributed by atoms with Crippen molar-refractivity contribution >= 4 is 45.3 Å². The second-order valence-electron chi connectivity index (χ2n) is 6.94. The van der Waals surface area contributed by atoms with Gasteiger partial charge >= 0.3 is 0 Å². The van der Waals surface area contributed by atoms with Crippen LogP contribution >= 0.6 is 11.3 Å². The fourth-order valence-electron chi connectivity index (χ4n) is 3.27. The first kappa shape index (κ1) is 21.7. The summed E-state index contributed by atoms with van der Waals surface area (Å²) in [6.45, 7) is 4.91. The quantitative estimate of drug-likeness (QED) is 0.535. The minimum Gasteiger partial charge on any atom is -0.598 e. The molecule has 1 saturated heterocycles. The Hall–Kier alpha value is -2.54. The van der Waals surface area contributed by atoms with Crippen molar-refractivity contribution < 1.29 is 8.94 Å². The number of aryl methyl sites for hydroxylation is 1. The van der Waals surface area contributed by atoms with E-state index >= 15 is 0 Å². The Kier molecular flexibility index (Phi) is 6.51. The van der Waals surface area contributed by atoms with Crippen LogP contribution in [0, 0.1) is 12.7 Å². The monoisotopic (exact) mass is 462 g/mol. The largest absolute Gasteiger partial charge is 0.598 e. The van der Waals surface area contributed by atoms with Gasteiger partial charge < -0.3 is 20.1 Å². The zero-order valence-corrected chi connectivity index (χ0v) is 19.1. The molecular formula is C19H23FN8OS2. The number of rotatable bonds is 6. The van der Waals surface area contributed by atoms with Gasteiger partial charge in [0.15, 0.2) is 10.9 Å². The molecule has 12 heteroatoms. The Balaban J connectivity index is 1.47. The molecule has 9 nitrogen and oxygen atoms in total. The fraction of sp³-hybridized carbons (Fsp3) is 0.368. The van der Waals surface area contributed by atoms with Crippen LogP contribution in [0.3, 0.4) is 0 Å². The Labute approximate surface area is 187 Å². The maximum Gasteiger partial charge on any atom is 0.229 e. The Morgan fingerprint density at radius 1 is 1.13 bits per heavy atom. The summed E-state index contributed by atoms with van der Waals surface area (Å²) in [6, 6.07) is 3.80. The summed E-state index contributed by atoms with van der Waals surface area (Å²) in [5.41, 5.74) is 1.90. The summed E-state index contributed by atoms with van der Waals surface area (Å²) in [5, 5.41) is 6.70. The van der Waals surface area contributed by atoms with Crippen LogP contribution < -0.4 is 15.5 Å². The molecule has 1 aliphatic heterocycles. The summed E-state index contributed by atoms with van der Waals surface area (Å²) in [6.07, 6.45) is 4.63. The van der Waals surface area contributed by atoms with Gasteiger partial charge in [-0.25, -0.2) is 24.3 Å². The van der Waals surface area contributed by atoms with Crippen molar-refractivity contribution in [1.29, 1.82) is 0 Å². The van der Waals surface area contributed by atoms with Gasteiger partial charge in [-0.1, -0.05) is 11.3 Å². The number of nitrogens with zero attached hydrogens (tertiary/aromatic N) is 6. The van der Waals surface area contributed by atoms with Crippen LogP contribution in [-0.4, -0.2) is 68.3 Å². The van der Waals surface area contributed by atoms with Gasteiger partial charge in [-0.15, -0.1) is 4.31 Å². The third kappa shape index (κ3) is 4.87. The Morgan fingerprint density at radius 2 is 1.90 bits per heavy atom. The predicted molar refractivity (Wildman–Crippen MR) is 123 cm³/mol. The molecule has 1 aliphatic rings. The number of hydrogen-bond donors (Lipinski definition) is 2. The fourth-order valence-corrected chi connectivity index (χ4v) is 4.86. The molecule has 31 heavy (non-hydrogen) atoms. The van der Waals surface area contributed by atoms with E-state index in [-0.39, 0.29) is 11.6 Å². The number of hydrogen-bond acceptors (Lipinski definition) is 10. The SMILES string of the molecule is CNc1nc(C)c(-c2nc(Nc3ccc(N4CCN([S+](C)[O-])CC4)cn3)ncc2F)s1. The van der Waals surface area contributed by atoms with Crippen molar-refractivity contribution in [3.8, 4) is 10.6 Å². The highest BCUT2D eigenvalue weighted by Gasteiger charge is 2.23. The van der Waals surface area contributed by atoms with Crippen LogP contribution in [0.1, 0.15) is 5.69 Å². The van der Waals surface area contributed by atoms with Crippen LogP contribution in [0.15, 0.2) is 24.5 Å². The molecule has 0 saturated carbocycles. The maximum absolute atomic E-state index is 14.4. The summed E-state index contributed by atoms with van der Waals surface area (Å²) < 4.78 is 27.9. The average Bonchev–Trinajstić information content (AvgIpc) is 3.16. The highest BCUT2D eigenvalue weighted by atomic mass is 32.2. The molecule has 1 fully saturated rings. The molecule has 0 aromatic carbocycles. The van der Waals surface area contributed by atoms with E-state index in [4.69, 9.17) is 0 Å². The van der Waals surface area contributed by atoms with E-state index in [0.29, 0.717) is 21.5 Å². The molecule has 0 bridgehead atoms. The summed E-state index contributed by atoms with van der Waals surface area (Å²) >= 11 is 0.403. The number of aromatic nitrogens is 4. The molecule has 0 amide bonds. The van der Waals surface area contributed by atoms with Gasteiger partial charge in [-0.05, 0) is 19.1 Å². The van der Waals surface area contributed by atoms with Crippen molar-refractivity contribution in [1.82, 2.24) is 24.2 Å². The van der Waals surface area contributed by atoms with Crippen molar-refractivity contribution in [3.05, 3.63) is 36.0 Å². The number of pyridine rings is 1. The lowest BCUT2D eigenvalue weighted by Gasteiger charge is -2.34. The maximum atomic E-state index is 14.4. The number of thiazole rings is 1. The highest BCUT2D eigenvalue weighted by Crippen LogP contribution is 2.33. The summed E-state index contributed by atoms with van der Waals surface area (Å²) in [7, 11) is 1.77. The second-order valence-corrected chi connectivity index (χ2v) is 9.30. The molecule has 3 aromatic rings. The molecule has 0 spiro atoms. The lowest BCUT2D eigenvalue weighted by atomic mass is 10.3. The van der Waals surface area contributed by atoms with E-state index < -0.39 is 17.2 Å². The molecule has 1 unspecified atom stereocenters. The minimum atomic E-state index is -0.934. The third-order valence-corrected chi connectivity index (χ3v) is 7.20. The molecule has 4 heterocycles. The number of nitrogens with one attached hydrogen (secondary N) is 2. The molecule has 2 N–H and O–H groups in total. The van der Waals surface area contributed by atoms with E-state index in [1.54, 1.807) is 19.5 Å². The highest BCUT2D eigenvalue weighted by molar-refractivity contribution is 7.88. The Morgan fingerprint density at radius 3 is 2.52 bits per heavy atom. The second kappa shape index (κ2) is 9.30. The molecule has 0 radical (unpaired) electrons. The van der Waals surface area contributed by atoms with Gasteiger partial charge in [-0.2, -0.15) is 0 Å². The van der Waals surface area contributed by atoms with Crippen LogP contribution in [-0.2, 0) is 11.4 Å². The molecule has 1 atom stereocenters. The lowest BCUT2D eigenvalue weighted by molar-refractivity contribution is 0.388. The van der Waals surface area contributed by atoms with Crippen molar-refractivity contribution in [3.63, 3.8) is 0 Å². The van der Waals surface area contributed by atoms with Gasteiger partial charge in [0.05, 0.1) is 41.7 Å². The minimum absolute atomic E-state index is 0.205. The normalized spacial score (nSPS) is 15.7. The number of anilines is 4. The van der Waals surface area contributed by atoms with Gasteiger partial charge in [-0.3, -0.25) is 0 Å². The van der Waals surface area contributed by atoms with Gasteiger partial charge in [0.2, 0.25) is 5.95 Å². The molecule has 164 valence electrons. The van der Waals surface area contributed by atoms with Crippen LogP contribution in [0.4, 0.5) is 27.0 Å². The van der Waals surface area contributed by atoms with Crippen molar-refractivity contribution in [2.45, 2.75) is 6.92 Å². The third-order valence-electron chi connectivity index (χ3n) is 4.92. The molecule has 3 aromatic heterocycles. The first-order chi connectivity index (χ1) is 14.9. The van der Waals surface area contributed by atoms with Gasteiger partial charge in [0.25, 0.3) is 0 Å². The average molecular weight is 463 g/mol. The standard InChI is InChI=1S/C19H23FN8OS2/c1-12-17(30-19(21-2)24-12)16-14(20)11-23-18(26-16)25-15-5-4-13(10-22-15)27-6-8-28(9-7-27)31(3)29/h4-5,10-11H,6-9H2,1-3H3,(H,21,24)(H,22,23,25,26). The van der Waals surface area contributed by atoms with E-state index in [1.807, 2.05) is 23.4 Å². The summed E-state index contributed by atoms with van der Waals surface area (Å²) in [5.74, 6) is 0.316. The molecule has 0 aliphatic carbocycles. The van der Waals surface area contributed by atoms with E-state index in [0.717, 1.165) is 38.1 Å². The van der Waals surface area contributed by atoms with Gasteiger partial charge in [0, 0.05) is 31.5 Å². The smallest absolute Gasteiger partial charge is 0.229 e. The van der Waals surface area contributed by atoms with Crippen LogP contribution in [0.25, 0.3) is 10.6 Å². The topological polar surface area (TPSA) is 105 Å². The lowest BCUT2D eigenvalue weighted by Crippen LogP contribution is -2.48. The van der Waals surface area contributed by atoms with Crippen LogP contribution in [0.5, 0.6) is 0 Å². The van der Waals surface area contributed by atoms with E-state index in [9.17, 15) is 8.94 Å². The van der Waals surface area contributed by atoms with E-state index in [1.165, 1.54) is 11.3 Å². The predicted octanol–water partition coefficient (Wildman–Crippen LogP) is 2.64. The first-order valence-electron chi connectivity index (χ1n) is 9.69. The molecule has 4 rings (SSSR count).